The van der Waals surface area contributed by atoms with Crippen molar-refractivity contribution in [3.05, 3.63) is 112 Å². The van der Waals surface area contributed by atoms with E-state index in [0.717, 1.165) is 0 Å². The van der Waals surface area contributed by atoms with Crippen molar-refractivity contribution in [3.63, 3.8) is 0 Å². The number of halogens is 4. The largest absolute Gasteiger partial charge is 0.480 e. The Bertz CT molecular complexity index is 2010. The first-order valence-electron chi connectivity index (χ1n) is 12.6. The molecule has 44 heavy (non-hydrogen) atoms. The Morgan fingerprint density at radius 3 is 2.14 bits per heavy atom. The Morgan fingerprint density at radius 2 is 1.50 bits per heavy atom. The molecule has 0 radical (unpaired) electrons. The number of carboxylic acids is 1. The fourth-order valence-corrected chi connectivity index (χ4v) is 5.83. The number of anilines is 1. The number of hydrogen-bond acceptors (Lipinski definition) is 7. The topological polar surface area (TPSA) is 151 Å². The van der Waals surface area contributed by atoms with E-state index in [-0.39, 0.29) is 11.3 Å². The highest BCUT2D eigenvalue weighted by atomic mass is 79.9. The van der Waals surface area contributed by atoms with Crippen LogP contribution in [0, 0.1) is 17.6 Å². The van der Waals surface area contributed by atoms with Gasteiger partial charge in [-0.3, -0.25) is 19.5 Å². The van der Waals surface area contributed by atoms with Gasteiger partial charge < -0.3 is 10.4 Å². The standard InChI is InChI=1S/C29H19BrF3N5O5S/c30-20-6-3-17(26-27(20)36-10-9-35-26)11-23(29(40)41)37-28(39)25-21(31)13-18(14-22(25)32)38-44(42,43)19-4-1-15(2-5-19)16-7-8-34-24(33)12-16/h1-10,12-14,23,38H,11H2,(H,37,39)(H,40,41)/t23-/m0/s1. The van der Waals surface area contributed by atoms with Crippen molar-refractivity contribution < 1.29 is 36.3 Å². The number of rotatable bonds is 9. The number of nitrogens with zero attached hydrogens (tertiary/aromatic N) is 3. The smallest absolute Gasteiger partial charge is 0.326 e. The quantitative estimate of drug-likeness (QED) is 0.181. The maximum atomic E-state index is 15.0. The van der Waals surface area contributed by atoms with Gasteiger partial charge in [0.1, 0.15) is 28.8 Å². The number of amides is 1. The summed E-state index contributed by atoms with van der Waals surface area (Å²) in [5.41, 5.74) is 0.568. The maximum Gasteiger partial charge on any atom is 0.326 e. The van der Waals surface area contributed by atoms with Crippen molar-refractivity contribution in [2.24, 2.45) is 0 Å². The average Bonchev–Trinajstić information content (AvgIpc) is 2.97. The molecule has 15 heteroatoms. The van der Waals surface area contributed by atoms with E-state index in [1.807, 2.05) is 4.72 Å². The lowest BCUT2D eigenvalue weighted by atomic mass is 10.0. The van der Waals surface area contributed by atoms with Crippen LogP contribution in [0.15, 0.2) is 88.6 Å². The molecule has 0 saturated heterocycles. The molecule has 5 aromatic rings. The van der Waals surface area contributed by atoms with Crippen molar-refractivity contribution in [2.45, 2.75) is 17.4 Å². The summed E-state index contributed by atoms with van der Waals surface area (Å²) < 4.78 is 71.8. The van der Waals surface area contributed by atoms with E-state index in [1.165, 1.54) is 55.0 Å². The number of carbonyl (C=O) groups is 2. The highest BCUT2D eigenvalue weighted by Gasteiger charge is 2.27. The second kappa shape index (κ2) is 12.4. The molecule has 2 heterocycles. The lowest BCUT2D eigenvalue weighted by molar-refractivity contribution is -0.139. The summed E-state index contributed by atoms with van der Waals surface area (Å²) in [6, 6.07) is 10.8. The molecular weight excluding hydrogens is 667 g/mol. The van der Waals surface area contributed by atoms with Crippen LogP contribution in [-0.2, 0) is 21.2 Å². The summed E-state index contributed by atoms with van der Waals surface area (Å²) in [7, 11) is -4.34. The van der Waals surface area contributed by atoms with Crippen LogP contribution in [-0.4, -0.2) is 46.4 Å². The molecule has 0 fully saturated rings. The Morgan fingerprint density at radius 1 is 0.841 bits per heavy atom. The number of nitrogens with one attached hydrogen (secondary N) is 2. The molecule has 0 bridgehead atoms. The monoisotopic (exact) mass is 685 g/mol. The van der Waals surface area contributed by atoms with E-state index >= 15 is 8.78 Å². The minimum absolute atomic E-state index is 0.257. The summed E-state index contributed by atoms with van der Waals surface area (Å²) in [6.07, 6.45) is 3.84. The van der Waals surface area contributed by atoms with E-state index < -0.39 is 56.8 Å². The van der Waals surface area contributed by atoms with Gasteiger partial charge in [0.15, 0.2) is 0 Å². The van der Waals surface area contributed by atoms with Crippen molar-refractivity contribution in [1.29, 1.82) is 0 Å². The molecule has 224 valence electrons. The molecule has 10 nitrogen and oxygen atoms in total. The summed E-state index contributed by atoms with van der Waals surface area (Å²) >= 11 is 3.34. The fraction of sp³-hybridized carbons (Fsp3) is 0.0690. The van der Waals surface area contributed by atoms with Crippen molar-refractivity contribution in [3.8, 4) is 11.1 Å². The van der Waals surface area contributed by atoms with Crippen LogP contribution in [0.3, 0.4) is 0 Å². The van der Waals surface area contributed by atoms with Gasteiger partial charge in [0, 0.05) is 35.6 Å². The van der Waals surface area contributed by atoms with E-state index in [4.69, 9.17) is 0 Å². The fourth-order valence-electron chi connectivity index (χ4n) is 4.37. The molecule has 3 aromatic carbocycles. The number of sulfonamides is 1. The molecule has 0 saturated carbocycles. The second-order valence-corrected chi connectivity index (χ2v) is 11.9. The zero-order chi connectivity index (χ0) is 31.6. The number of fused-ring (bicyclic) bond motifs is 1. The SMILES string of the molecule is O=C(N[C@@H](Cc1ccc(Br)c2nccnc12)C(=O)O)c1c(F)cc(NS(=O)(=O)c2ccc(-c3ccnc(F)c3)cc2)cc1F. The number of carboxylic acid groups (broad SMARTS) is 1. The van der Waals surface area contributed by atoms with Gasteiger partial charge in [0.05, 0.1) is 16.1 Å². The van der Waals surface area contributed by atoms with Gasteiger partial charge in [0.2, 0.25) is 5.95 Å². The van der Waals surface area contributed by atoms with Crippen molar-refractivity contribution in [2.75, 3.05) is 4.72 Å². The minimum atomic E-state index is -4.34. The lowest BCUT2D eigenvalue weighted by Crippen LogP contribution is -2.43. The van der Waals surface area contributed by atoms with Crippen LogP contribution in [0.2, 0.25) is 0 Å². The van der Waals surface area contributed by atoms with Gasteiger partial charge in [-0.15, -0.1) is 0 Å². The Labute approximate surface area is 256 Å². The molecule has 1 atom stereocenters. The molecule has 0 aliphatic rings. The van der Waals surface area contributed by atoms with Gasteiger partial charge >= 0.3 is 5.97 Å². The van der Waals surface area contributed by atoms with E-state index in [0.29, 0.717) is 44.3 Å². The lowest BCUT2D eigenvalue weighted by Gasteiger charge is -2.17. The first-order chi connectivity index (χ1) is 20.9. The van der Waals surface area contributed by atoms with Gasteiger partial charge in [-0.05, 0) is 69.0 Å². The molecule has 1 amide bonds. The summed E-state index contributed by atoms with van der Waals surface area (Å²) in [6.45, 7) is 0. The number of carbonyl (C=O) groups excluding carboxylic acids is 1. The van der Waals surface area contributed by atoms with Crippen LogP contribution < -0.4 is 10.0 Å². The van der Waals surface area contributed by atoms with Gasteiger partial charge in [-0.1, -0.05) is 18.2 Å². The zero-order valence-electron chi connectivity index (χ0n) is 22.1. The predicted molar refractivity (Wildman–Crippen MR) is 157 cm³/mol. The van der Waals surface area contributed by atoms with Gasteiger partial charge in [-0.2, -0.15) is 4.39 Å². The van der Waals surface area contributed by atoms with Crippen LogP contribution in [0.1, 0.15) is 15.9 Å². The normalized spacial score (nSPS) is 12.1. The highest BCUT2D eigenvalue weighted by molar-refractivity contribution is 9.10. The zero-order valence-corrected chi connectivity index (χ0v) is 24.5. The number of aliphatic carboxylic acids is 1. The molecular formula is C29H19BrF3N5O5S. The third-order valence-electron chi connectivity index (χ3n) is 6.43. The maximum absolute atomic E-state index is 15.0. The van der Waals surface area contributed by atoms with Crippen molar-refractivity contribution >= 4 is 54.6 Å². The molecule has 0 unspecified atom stereocenters. The third kappa shape index (κ3) is 6.53. The number of benzene rings is 3. The minimum Gasteiger partial charge on any atom is -0.480 e. The number of aromatic nitrogens is 3. The van der Waals surface area contributed by atoms with Crippen LogP contribution >= 0.6 is 15.9 Å². The number of hydrogen-bond donors (Lipinski definition) is 3. The highest BCUT2D eigenvalue weighted by Crippen LogP contribution is 2.26. The van der Waals surface area contributed by atoms with Gasteiger partial charge in [-0.25, -0.2) is 27.0 Å². The Kier molecular flexibility index (Phi) is 8.60. The molecule has 0 spiro atoms. The van der Waals surface area contributed by atoms with Crippen LogP contribution in [0.4, 0.5) is 18.9 Å². The summed E-state index contributed by atoms with van der Waals surface area (Å²) in [5, 5.41) is 11.8. The first-order valence-corrected chi connectivity index (χ1v) is 14.9. The van der Waals surface area contributed by atoms with E-state index in [9.17, 15) is 27.5 Å². The summed E-state index contributed by atoms with van der Waals surface area (Å²) in [4.78, 5) is 36.4. The van der Waals surface area contributed by atoms with E-state index in [2.05, 4.69) is 36.2 Å². The van der Waals surface area contributed by atoms with Gasteiger partial charge in [0.25, 0.3) is 15.9 Å². The second-order valence-electron chi connectivity index (χ2n) is 9.34. The molecule has 2 aromatic heterocycles. The summed E-state index contributed by atoms with van der Waals surface area (Å²) in [5.74, 6) is -6.41. The Balaban J connectivity index is 1.33. The average molecular weight is 686 g/mol. The molecule has 0 aliphatic carbocycles. The van der Waals surface area contributed by atoms with Crippen LogP contribution in [0.25, 0.3) is 22.2 Å². The van der Waals surface area contributed by atoms with E-state index in [1.54, 1.807) is 12.1 Å². The predicted octanol–water partition coefficient (Wildman–Crippen LogP) is 5.10. The van der Waals surface area contributed by atoms with Crippen LogP contribution in [0.5, 0.6) is 0 Å². The Hall–Kier alpha value is -4.89. The van der Waals surface area contributed by atoms with Crippen molar-refractivity contribution in [1.82, 2.24) is 20.3 Å². The number of pyridine rings is 1. The molecule has 3 N–H and O–H groups in total. The molecule has 5 rings (SSSR count). The first kappa shape index (κ1) is 30.6. The third-order valence-corrected chi connectivity index (χ3v) is 8.47. The molecule has 0 aliphatic heterocycles.